The fourth-order valence-electron chi connectivity index (χ4n) is 1.00. The minimum absolute atomic E-state index is 0.719. The summed E-state index contributed by atoms with van der Waals surface area (Å²) in [4.78, 5) is 12.3. The predicted octanol–water partition coefficient (Wildman–Crippen LogP) is 1.73. The Hall–Kier alpha value is -1.23. The van der Waals surface area contributed by atoms with E-state index in [4.69, 9.17) is 0 Å². The monoisotopic (exact) mass is 238 g/mol. The lowest BCUT2D eigenvalue weighted by Gasteiger charge is -1.98. The molecule has 13 heavy (non-hydrogen) atoms. The molecule has 5 heteroatoms. The van der Waals surface area contributed by atoms with E-state index in [1.807, 2.05) is 17.7 Å². The first-order chi connectivity index (χ1) is 6.25. The molecule has 0 aliphatic heterocycles. The Morgan fingerprint density at radius 2 is 2.23 bits per heavy atom. The molecule has 0 N–H and O–H groups in total. The van der Waals surface area contributed by atoms with Crippen molar-refractivity contribution in [2.24, 2.45) is 0 Å². The van der Waals surface area contributed by atoms with Crippen LogP contribution in [-0.2, 0) is 0 Å². The number of imidazole rings is 1. The third kappa shape index (κ3) is 1.75. The van der Waals surface area contributed by atoms with Gasteiger partial charge in [0, 0.05) is 6.20 Å². The molecule has 0 spiro atoms. The fraction of sp³-hybridized carbons (Fsp3) is 0.125. The first-order valence-corrected chi connectivity index (χ1v) is 4.53. The van der Waals surface area contributed by atoms with Crippen LogP contribution in [-0.4, -0.2) is 19.5 Å². The molecule has 0 unspecified atom stereocenters. The predicted molar refractivity (Wildman–Crippen MR) is 51.6 cm³/mol. The maximum atomic E-state index is 4.23. The number of hydrogen-bond acceptors (Lipinski definition) is 3. The Labute approximate surface area is 83.8 Å². The van der Waals surface area contributed by atoms with Crippen LogP contribution in [0.2, 0.25) is 0 Å². The number of nitrogens with zero attached hydrogens (tertiary/aromatic N) is 4. The highest BCUT2D eigenvalue weighted by Crippen LogP contribution is 2.08. The largest absolute Gasteiger partial charge is 0.289 e. The molecular formula is C8H7BrN4. The van der Waals surface area contributed by atoms with Crippen LogP contribution >= 0.6 is 15.9 Å². The van der Waals surface area contributed by atoms with Crippen LogP contribution in [0.25, 0.3) is 5.82 Å². The molecule has 2 aromatic heterocycles. The molecule has 0 radical (unpaired) electrons. The minimum atomic E-state index is 0.719. The van der Waals surface area contributed by atoms with Crippen molar-refractivity contribution >= 4 is 15.9 Å². The van der Waals surface area contributed by atoms with E-state index < -0.39 is 0 Å². The molecule has 2 rings (SSSR count). The number of hydrogen-bond donors (Lipinski definition) is 0. The second-order valence-electron chi connectivity index (χ2n) is 2.62. The molecule has 0 saturated heterocycles. The van der Waals surface area contributed by atoms with Crippen LogP contribution in [0.15, 0.2) is 29.5 Å². The summed E-state index contributed by atoms with van der Waals surface area (Å²) in [7, 11) is 0. The van der Waals surface area contributed by atoms with E-state index in [1.165, 1.54) is 0 Å². The smallest absolute Gasteiger partial charge is 0.157 e. The molecule has 0 aromatic carbocycles. The van der Waals surface area contributed by atoms with E-state index in [2.05, 4.69) is 30.9 Å². The Morgan fingerprint density at radius 1 is 1.38 bits per heavy atom. The third-order valence-electron chi connectivity index (χ3n) is 1.57. The van der Waals surface area contributed by atoms with Gasteiger partial charge in [0.2, 0.25) is 0 Å². The summed E-state index contributed by atoms with van der Waals surface area (Å²) in [5.41, 5.74) is 0.960. The highest BCUT2D eigenvalue weighted by atomic mass is 79.9. The molecule has 0 saturated carbocycles. The maximum Gasteiger partial charge on any atom is 0.157 e. The molecule has 2 heterocycles. The lowest BCUT2D eigenvalue weighted by molar-refractivity contribution is 0.959. The van der Waals surface area contributed by atoms with E-state index in [0.29, 0.717) is 0 Å². The lowest BCUT2D eigenvalue weighted by Crippen LogP contribution is -1.95. The van der Waals surface area contributed by atoms with Crippen LogP contribution in [0, 0.1) is 6.92 Å². The fourth-order valence-corrected chi connectivity index (χ4v) is 1.30. The molecule has 0 amide bonds. The molecule has 0 aliphatic rings. The summed E-state index contributed by atoms with van der Waals surface area (Å²) < 4.78 is 2.55. The molecule has 66 valence electrons. The summed E-state index contributed by atoms with van der Waals surface area (Å²) in [5.74, 6) is 0.759. The van der Waals surface area contributed by atoms with Crippen molar-refractivity contribution in [3.05, 3.63) is 35.2 Å². The standard InChI is InChI=1S/C8H7BrN4/c1-6-4-13(5-11-6)8-3-10-2-7(9)12-8/h2-5H,1H3. The van der Waals surface area contributed by atoms with Crippen molar-refractivity contribution in [1.29, 1.82) is 0 Å². The van der Waals surface area contributed by atoms with Gasteiger partial charge in [0.05, 0.1) is 18.1 Å². The van der Waals surface area contributed by atoms with Gasteiger partial charge in [-0.2, -0.15) is 0 Å². The second kappa shape index (κ2) is 3.26. The first-order valence-electron chi connectivity index (χ1n) is 3.74. The molecule has 0 bridgehead atoms. The SMILES string of the molecule is Cc1cn(-c2cncc(Br)n2)cn1. The Balaban J connectivity index is 2.46. The van der Waals surface area contributed by atoms with Crippen molar-refractivity contribution in [3.8, 4) is 5.82 Å². The van der Waals surface area contributed by atoms with Crippen molar-refractivity contribution in [2.45, 2.75) is 6.92 Å². The van der Waals surface area contributed by atoms with Crippen LogP contribution < -0.4 is 0 Å². The van der Waals surface area contributed by atoms with Gasteiger partial charge in [0.25, 0.3) is 0 Å². The highest BCUT2D eigenvalue weighted by molar-refractivity contribution is 9.10. The van der Waals surface area contributed by atoms with Crippen LogP contribution in [0.5, 0.6) is 0 Å². The van der Waals surface area contributed by atoms with Crippen LogP contribution in [0.4, 0.5) is 0 Å². The van der Waals surface area contributed by atoms with Crippen LogP contribution in [0.3, 0.4) is 0 Å². The summed E-state index contributed by atoms with van der Waals surface area (Å²) in [6.45, 7) is 1.93. The lowest BCUT2D eigenvalue weighted by atomic mass is 10.5. The average molecular weight is 239 g/mol. The highest BCUT2D eigenvalue weighted by Gasteiger charge is 1.99. The Morgan fingerprint density at radius 3 is 2.85 bits per heavy atom. The Bertz CT molecular complexity index is 424. The normalized spacial score (nSPS) is 10.3. The quantitative estimate of drug-likeness (QED) is 0.761. The van der Waals surface area contributed by atoms with Crippen molar-refractivity contribution in [2.75, 3.05) is 0 Å². The van der Waals surface area contributed by atoms with Crippen molar-refractivity contribution in [3.63, 3.8) is 0 Å². The first kappa shape index (κ1) is 8.37. The van der Waals surface area contributed by atoms with Gasteiger partial charge < -0.3 is 0 Å². The zero-order valence-corrected chi connectivity index (χ0v) is 8.56. The molecular weight excluding hydrogens is 232 g/mol. The van der Waals surface area contributed by atoms with E-state index in [0.717, 1.165) is 16.1 Å². The minimum Gasteiger partial charge on any atom is -0.289 e. The summed E-state index contributed by atoms with van der Waals surface area (Å²) in [6.07, 6.45) is 6.95. The van der Waals surface area contributed by atoms with Crippen molar-refractivity contribution < 1.29 is 0 Å². The summed E-state index contributed by atoms with van der Waals surface area (Å²) in [5, 5.41) is 0. The van der Waals surface area contributed by atoms with E-state index >= 15 is 0 Å². The van der Waals surface area contributed by atoms with Gasteiger partial charge in [-0.25, -0.2) is 9.97 Å². The zero-order valence-electron chi connectivity index (χ0n) is 6.98. The van der Waals surface area contributed by atoms with Crippen molar-refractivity contribution in [1.82, 2.24) is 19.5 Å². The number of aryl methyl sites for hydroxylation is 1. The molecule has 2 aromatic rings. The van der Waals surface area contributed by atoms with E-state index in [1.54, 1.807) is 18.7 Å². The zero-order chi connectivity index (χ0) is 9.26. The topological polar surface area (TPSA) is 43.6 Å². The molecule has 0 fully saturated rings. The van der Waals surface area contributed by atoms with E-state index in [9.17, 15) is 0 Å². The van der Waals surface area contributed by atoms with Gasteiger partial charge >= 0.3 is 0 Å². The van der Waals surface area contributed by atoms with Gasteiger partial charge in [-0.15, -0.1) is 0 Å². The van der Waals surface area contributed by atoms with Gasteiger partial charge in [-0.05, 0) is 22.9 Å². The summed E-state index contributed by atoms with van der Waals surface area (Å²) >= 11 is 3.26. The Kier molecular flexibility index (Phi) is 2.10. The molecule has 0 aliphatic carbocycles. The van der Waals surface area contributed by atoms with E-state index in [-0.39, 0.29) is 0 Å². The second-order valence-corrected chi connectivity index (χ2v) is 3.43. The van der Waals surface area contributed by atoms with Gasteiger partial charge in [0.1, 0.15) is 10.9 Å². The summed E-state index contributed by atoms with van der Waals surface area (Å²) in [6, 6.07) is 0. The number of rotatable bonds is 1. The molecule has 0 atom stereocenters. The number of aromatic nitrogens is 4. The average Bonchev–Trinajstić information content (AvgIpc) is 2.52. The third-order valence-corrected chi connectivity index (χ3v) is 1.95. The van der Waals surface area contributed by atoms with Gasteiger partial charge in [-0.1, -0.05) is 0 Å². The maximum absolute atomic E-state index is 4.23. The van der Waals surface area contributed by atoms with Crippen LogP contribution in [0.1, 0.15) is 5.69 Å². The van der Waals surface area contributed by atoms with Gasteiger partial charge in [-0.3, -0.25) is 9.55 Å². The molecule has 4 nitrogen and oxygen atoms in total. The van der Waals surface area contributed by atoms with Gasteiger partial charge in [0.15, 0.2) is 5.82 Å². The number of halogens is 1.